The Labute approximate surface area is 126 Å². The van der Waals surface area contributed by atoms with Gasteiger partial charge in [0, 0.05) is 18.0 Å². The van der Waals surface area contributed by atoms with Crippen molar-refractivity contribution in [2.45, 2.75) is 26.3 Å². The molecule has 2 aromatic rings. The van der Waals surface area contributed by atoms with E-state index in [2.05, 4.69) is 4.98 Å². The SMILES string of the molecule is Cc1oc(-c2ccsc2)nc1CC(=O)N(C)C(C)C(=O)O. The van der Waals surface area contributed by atoms with Gasteiger partial charge in [-0.25, -0.2) is 9.78 Å². The van der Waals surface area contributed by atoms with Crippen molar-refractivity contribution in [3.8, 4) is 11.5 Å². The molecule has 112 valence electrons. The molecule has 2 heterocycles. The Kier molecular flexibility index (Phi) is 4.42. The second kappa shape index (κ2) is 6.09. The zero-order chi connectivity index (χ0) is 15.6. The van der Waals surface area contributed by atoms with Crippen LogP contribution in [0.5, 0.6) is 0 Å². The zero-order valence-electron chi connectivity index (χ0n) is 12.0. The minimum absolute atomic E-state index is 0.0214. The van der Waals surface area contributed by atoms with Crippen molar-refractivity contribution in [3.05, 3.63) is 28.3 Å². The molecule has 0 fully saturated rings. The number of hydrogen-bond acceptors (Lipinski definition) is 5. The maximum absolute atomic E-state index is 12.1. The van der Waals surface area contributed by atoms with E-state index in [-0.39, 0.29) is 12.3 Å². The first-order valence-electron chi connectivity index (χ1n) is 6.37. The molecule has 7 heteroatoms. The largest absolute Gasteiger partial charge is 0.480 e. The number of thiophene rings is 1. The molecular weight excluding hydrogens is 292 g/mol. The standard InChI is InChI=1S/C14H16N2O4S/c1-8(14(18)19)16(3)12(17)6-11-9(2)20-13(15-11)10-4-5-21-7-10/h4-5,7-8H,6H2,1-3H3,(H,18,19). The predicted molar refractivity (Wildman–Crippen MR) is 78.1 cm³/mol. The van der Waals surface area contributed by atoms with Crippen molar-refractivity contribution >= 4 is 23.2 Å². The Morgan fingerprint density at radius 3 is 2.81 bits per heavy atom. The molecule has 0 aromatic carbocycles. The van der Waals surface area contributed by atoms with E-state index in [1.54, 1.807) is 6.92 Å². The lowest BCUT2D eigenvalue weighted by Crippen LogP contribution is -2.41. The van der Waals surface area contributed by atoms with Crippen LogP contribution < -0.4 is 0 Å². The van der Waals surface area contributed by atoms with Crippen molar-refractivity contribution in [1.82, 2.24) is 9.88 Å². The predicted octanol–water partition coefficient (Wildman–Crippen LogP) is 2.19. The number of likely N-dealkylation sites (N-methyl/N-ethyl adjacent to an activating group) is 1. The third-order valence-electron chi connectivity index (χ3n) is 3.31. The number of nitrogens with zero attached hydrogens (tertiary/aromatic N) is 2. The van der Waals surface area contributed by atoms with Crippen LogP contribution in [0.15, 0.2) is 21.2 Å². The monoisotopic (exact) mass is 308 g/mol. The van der Waals surface area contributed by atoms with Gasteiger partial charge in [-0.3, -0.25) is 4.79 Å². The lowest BCUT2D eigenvalue weighted by Gasteiger charge is -2.20. The Hall–Kier alpha value is -2.15. The van der Waals surface area contributed by atoms with Crippen LogP contribution in [0.25, 0.3) is 11.5 Å². The van der Waals surface area contributed by atoms with E-state index in [4.69, 9.17) is 9.52 Å². The normalized spacial score (nSPS) is 12.1. The summed E-state index contributed by atoms with van der Waals surface area (Å²) in [5.74, 6) is -0.300. The number of aryl methyl sites for hydroxylation is 1. The Morgan fingerprint density at radius 1 is 1.52 bits per heavy atom. The van der Waals surface area contributed by atoms with Gasteiger partial charge in [-0.15, -0.1) is 0 Å². The van der Waals surface area contributed by atoms with Gasteiger partial charge in [0.1, 0.15) is 11.8 Å². The van der Waals surface area contributed by atoms with Gasteiger partial charge in [0.2, 0.25) is 11.8 Å². The maximum Gasteiger partial charge on any atom is 0.326 e. The molecule has 0 saturated heterocycles. The van der Waals surface area contributed by atoms with Gasteiger partial charge < -0.3 is 14.4 Å². The van der Waals surface area contributed by atoms with E-state index in [9.17, 15) is 9.59 Å². The fourth-order valence-corrected chi connectivity index (χ4v) is 2.38. The first-order valence-corrected chi connectivity index (χ1v) is 7.31. The number of oxazole rings is 1. The fourth-order valence-electron chi connectivity index (χ4n) is 1.75. The number of carboxylic acid groups (broad SMARTS) is 1. The van der Waals surface area contributed by atoms with Crippen LogP contribution in [0, 0.1) is 6.92 Å². The molecule has 0 aliphatic rings. The third kappa shape index (κ3) is 3.30. The second-order valence-corrected chi connectivity index (χ2v) is 5.51. The first-order chi connectivity index (χ1) is 9.90. The zero-order valence-corrected chi connectivity index (χ0v) is 12.8. The van der Waals surface area contributed by atoms with Gasteiger partial charge in [0.05, 0.1) is 12.1 Å². The highest BCUT2D eigenvalue weighted by Crippen LogP contribution is 2.24. The number of amides is 1. The van der Waals surface area contributed by atoms with Crippen LogP contribution in [-0.4, -0.2) is 40.0 Å². The molecule has 1 atom stereocenters. The third-order valence-corrected chi connectivity index (χ3v) is 3.99. The summed E-state index contributed by atoms with van der Waals surface area (Å²) in [7, 11) is 1.47. The lowest BCUT2D eigenvalue weighted by atomic mass is 10.2. The molecule has 2 rings (SSSR count). The van der Waals surface area contributed by atoms with Crippen molar-refractivity contribution in [2.24, 2.45) is 0 Å². The number of carbonyl (C=O) groups is 2. The smallest absolute Gasteiger partial charge is 0.326 e. The average Bonchev–Trinajstić information content (AvgIpc) is 3.07. The number of carboxylic acids is 1. The van der Waals surface area contributed by atoms with Gasteiger partial charge in [0.25, 0.3) is 0 Å². The van der Waals surface area contributed by atoms with Crippen LogP contribution in [0.3, 0.4) is 0 Å². The molecule has 2 aromatic heterocycles. The minimum atomic E-state index is -1.04. The van der Waals surface area contributed by atoms with Crippen molar-refractivity contribution in [1.29, 1.82) is 0 Å². The van der Waals surface area contributed by atoms with Crippen molar-refractivity contribution in [2.75, 3.05) is 7.05 Å². The van der Waals surface area contributed by atoms with Crippen molar-refractivity contribution < 1.29 is 19.1 Å². The first kappa shape index (κ1) is 15.2. The van der Waals surface area contributed by atoms with E-state index in [0.29, 0.717) is 17.3 Å². The highest BCUT2D eigenvalue weighted by molar-refractivity contribution is 7.08. The van der Waals surface area contributed by atoms with Gasteiger partial charge in [-0.1, -0.05) is 0 Å². The fraction of sp³-hybridized carbons (Fsp3) is 0.357. The van der Waals surface area contributed by atoms with Crippen molar-refractivity contribution in [3.63, 3.8) is 0 Å². The highest BCUT2D eigenvalue weighted by atomic mass is 32.1. The summed E-state index contributed by atoms with van der Waals surface area (Å²) in [5.41, 5.74) is 1.40. The number of hydrogen-bond donors (Lipinski definition) is 1. The maximum atomic E-state index is 12.1. The summed E-state index contributed by atoms with van der Waals surface area (Å²) in [4.78, 5) is 28.5. The summed E-state index contributed by atoms with van der Waals surface area (Å²) in [6.45, 7) is 3.21. The molecule has 0 aliphatic heterocycles. The van der Waals surface area contributed by atoms with Crippen LogP contribution in [0.4, 0.5) is 0 Å². The molecule has 1 unspecified atom stereocenters. The van der Waals surface area contributed by atoms with Crippen LogP contribution in [0.2, 0.25) is 0 Å². The Morgan fingerprint density at radius 2 is 2.24 bits per heavy atom. The second-order valence-electron chi connectivity index (χ2n) is 4.73. The van der Waals surface area contributed by atoms with Crippen LogP contribution in [-0.2, 0) is 16.0 Å². The van der Waals surface area contributed by atoms with Gasteiger partial charge in [-0.05, 0) is 25.3 Å². The quantitative estimate of drug-likeness (QED) is 0.915. The number of rotatable bonds is 5. The molecular formula is C14H16N2O4S. The number of carbonyl (C=O) groups excluding carboxylic acids is 1. The molecule has 0 spiro atoms. The average molecular weight is 308 g/mol. The van der Waals surface area contributed by atoms with E-state index >= 15 is 0 Å². The number of aliphatic carboxylic acids is 1. The van der Waals surface area contributed by atoms with E-state index in [1.165, 1.54) is 30.2 Å². The molecule has 0 radical (unpaired) electrons. The van der Waals surface area contributed by atoms with E-state index in [0.717, 1.165) is 5.56 Å². The summed E-state index contributed by atoms with van der Waals surface area (Å²) in [6.07, 6.45) is 0.0214. The van der Waals surface area contributed by atoms with Gasteiger partial charge in [0.15, 0.2) is 0 Å². The molecule has 1 N–H and O–H groups in total. The van der Waals surface area contributed by atoms with E-state index in [1.807, 2.05) is 16.8 Å². The van der Waals surface area contributed by atoms with Gasteiger partial charge >= 0.3 is 5.97 Å². The van der Waals surface area contributed by atoms with Gasteiger partial charge in [-0.2, -0.15) is 11.3 Å². The highest BCUT2D eigenvalue weighted by Gasteiger charge is 2.23. The molecule has 0 saturated carbocycles. The molecule has 0 aliphatic carbocycles. The molecule has 0 bridgehead atoms. The number of aromatic nitrogens is 1. The molecule has 21 heavy (non-hydrogen) atoms. The lowest BCUT2D eigenvalue weighted by molar-refractivity contribution is -0.148. The topological polar surface area (TPSA) is 83.6 Å². The summed E-state index contributed by atoms with van der Waals surface area (Å²) in [5, 5.41) is 12.8. The summed E-state index contributed by atoms with van der Waals surface area (Å²) < 4.78 is 5.56. The van der Waals surface area contributed by atoms with E-state index < -0.39 is 12.0 Å². The van der Waals surface area contributed by atoms with Crippen LogP contribution in [0.1, 0.15) is 18.4 Å². The Balaban J connectivity index is 2.13. The minimum Gasteiger partial charge on any atom is -0.480 e. The summed E-state index contributed by atoms with van der Waals surface area (Å²) >= 11 is 1.54. The summed E-state index contributed by atoms with van der Waals surface area (Å²) in [6, 6.07) is 1.02. The molecule has 6 nitrogen and oxygen atoms in total. The molecule has 1 amide bonds. The Bertz CT molecular complexity index is 648. The van der Waals surface area contributed by atoms with Crippen LogP contribution >= 0.6 is 11.3 Å².